The Labute approximate surface area is 69.1 Å². The molecule has 0 saturated heterocycles. The molecule has 1 aliphatic rings. The van der Waals surface area contributed by atoms with E-state index in [2.05, 4.69) is 10.1 Å². The van der Waals surface area contributed by atoms with Gasteiger partial charge in [0.2, 0.25) is 0 Å². The van der Waals surface area contributed by atoms with E-state index in [-0.39, 0.29) is 12.5 Å². The van der Waals surface area contributed by atoms with Crippen LogP contribution >= 0.6 is 0 Å². The summed E-state index contributed by atoms with van der Waals surface area (Å²) in [5.74, 6) is -2.73. The number of ether oxygens (including phenoxy) is 1. The molecule has 1 atom stereocenters. The Morgan fingerprint density at radius 3 is 2.50 bits per heavy atom. The van der Waals surface area contributed by atoms with Crippen LogP contribution in [0.5, 0.6) is 0 Å². The highest BCUT2D eigenvalue weighted by Crippen LogP contribution is 2.41. The summed E-state index contributed by atoms with van der Waals surface area (Å²) >= 11 is 0. The van der Waals surface area contributed by atoms with Crippen molar-refractivity contribution >= 4 is 6.09 Å². The lowest BCUT2D eigenvalue weighted by molar-refractivity contribution is 0.0900. The lowest BCUT2D eigenvalue weighted by atomic mass is 10.5. The van der Waals surface area contributed by atoms with Gasteiger partial charge >= 0.3 is 6.09 Å². The van der Waals surface area contributed by atoms with Crippen molar-refractivity contribution < 1.29 is 18.3 Å². The summed E-state index contributed by atoms with van der Waals surface area (Å²) in [5.41, 5.74) is 0. The summed E-state index contributed by atoms with van der Waals surface area (Å²) < 4.78 is 29.1. The predicted octanol–water partition coefficient (Wildman–Crippen LogP) is 1.53. The normalized spacial score (nSPS) is 25.2. The molecule has 0 spiro atoms. The first-order valence-corrected chi connectivity index (χ1v) is 3.77. The molecular formula is C7H11F2NO2. The van der Waals surface area contributed by atoms with Crippen molar-refractivity contribution in [3.63, 3.8) is 0 Å². The van der Waals surface area contributed by atoms with Crippen LogP contribution in [0.3, 0.4) is 0 Å². The van der Waals surface area contributed by atoms with Gasteiger partial charge in [-0.2, -0.15) is 0 Å². The van der Waals surface area contributed by atoms with Crippen LogP contribution in [-0.2, 0) is 4.74 Å². The largest absolute Gasteiger partial charge is 0.447 e. The second-order valence-corrected chi connectivity index (χ2v) is 3.12. The van der Waals surface area contributed by atoms with Gasteiger partial charge in [0.15, 0.2) is 0 Å². The van der Waals surface area contributed by atoms with Crippen LogP contribution in [0.2, 0.25) is 0 Å². The molecule has 0 heterocycles. The molecule has 1 aliphatic carbocycles. The van der Waals surface area contributed by atoms with Gasteiger partial charge in [-0.3, -0.25) is 0 Å². The van der Waals surface area contributed by atoms with Crippen molar-refractivity contribution in [1.29, 1.82) is 0 Å². The molecule has 1 saturated carbocycles. The molecule has 5 heteroatoms. The molecule has 1 rings (SSSR count). The molecule has 1 N–H and O–H groups in total. The topological polar surface area (TPSA) is 38.3 Å². The van der Waals surface area contributed by atoms with Gasteiger partial charge in [-0.1, -0.05) is 0 Å². The minimum atomic E-state index is -2.73. The second-order valence-electron chi connectivity index (χ2n) is 3.12. The first kappa shape index (κ1) is 9.22. The Morgan fingerprint density at radius 1 is 1.67 bits per heavy atom. The summed E-state index contributed by atoms with van der Waals surface area (Å²) in [7, 11) is 0. The number of carbonyl (C=O) groups excluding carboxylic acids is 1. The van der Waals surface area contributed by atoms with E-state index < -0.39 is 18.1 Å². The van der Waals surface area contributed by atoms with E-state index in [9.17, 15) is 13.6 Å². The SMILES string of the molecule is CC(C)OC(=O)N[C@@H]1CC1(F)F. The van der Waals surface area contributed by atoms with E-state index in [1.165, 1.54) is 0 Å². The molecule has 0 aromatic heterocycles. The maximum atomic E-state index is 12.2. The summed E-state index contributed by atoms with van der Waals surface area (Å²) in [6.45, 7) is 3.31. The number of nitrogens with one attached hydrogen (secondary N) is 1. The van der Waals surface area contributed by atoms with Crippen LogP contribution in [0.1, 0.15) is 20.3 Å². The van der Waals surface area contributed by atoms with Crippen molar-refractivity contribution in [3.05, 3.63) is 0 Å². The maximum absolute atomic E-state index is 12.2. The molecule has 0 aromatic carbocycles. The van der Waals surface area contributed by atoms with Gasteiger partial charge in [0.25, 0.3) is 5.92 Å². The molecule has 3 nitrogen and oxygen atoms in total. The first-order valence-electron chi connectivity index (χ1n) is 3.77. The fourth-order valence-corrected chi connectivity index (χ4v) is 0.760. The van der Waals surface area contributed by atoms with E-state index in [0.717, 1.165) is 0 Å². The number of hydrogen-bond donors (Lipinski definition) is 1. The summed E-state index contributed by atoms with van der Waals surface area (Å²) in [4.78, 5) is 10.7. The van der Waals surface area contributed by atoms with Gasteiger partial charge in [0, 0.05) is 6.42 Å². The van der Waals surface area contributed by atoms with Crippen molar-refractivity contribution in [2.45, 2.75) is 38.3 Å². The van der Waals surface area contributed by atoms with Crippen LogP contribution < -0.4 is 5.32 Å². The number of amides is 1. The monoisotopic (exact) mass is 179 g/mol. The number of alkyl carbamates (subject to hydrolysis) is 1. The zero-order valence-electron chi connectivity index (χ0n) is 6.93. The number of hydrogen-bond acceptors (Lipinski definition) is 2. The van der Waals surface area contributed by atoms with Crippen LogP contribution in [0.15, 0.2) is 0 Å². The zero-order chi connectivity index (χ0) is 9.35. The van der Waals surface area contributed by atoms with E-state index >= 15 is 0 Å². The quantitative estimate of drug-likeness (QED) is 0.698. The van der Waals surface area contributed by atoms with E-state index in [1.807, 2.05) is 0 Å². The molecule has 0 aromatic rings. The average Bonchev–Trinajstić information content (AvgIpc) is 2.35. The van der Waals surface area contributed by atoms with E-state index in [0.29, 0.717) is 0 Å². The van der Waals surface area contributed by atoms with Gasteiger partial charge in [0.1, 0.15) is 6.04 Å². The molecule has 12 heavy (non-hydrogen) atoms. The van der Waals surface area contributed by atoms with Crippen molar-refractivity contribution in [3.8, 4) is 0 Å². The lowest BCUT2D eigenvalue weighted by Crippen LogP contribution is -2.31. The Kier molecular flexibility index (Phi) is 2.21. The Bertz CT molecular complexity index is 194. The molecule has 1 amide bonds. The standard InChI is InChI=1S/C7H11F2NO2/c1-4(2)12-6(11)10-5-3-7(5,8)9/h4-5H,3H2,1-2H3,(H,10,11)/t5-/m1/s1. The van der Waals surface area contributed by atoms with Crippen LogP contribution in [0.25, 0.3) is 0 Å². The predicted molar refractivity (Wildman–Crippen MR) is 38.1 cm³/mol. The average molecular weight is 179 g/mol. The van der Waals surface area contributed by atoms with Gasteiger partial charge < -0.3 is 10.1 Å². The Balaban J connectivity index is 2.21. The maximum Gasteiger partial charge on any atom is 0.407 e. The summed E-state index contributed by atoms with van der Waals surface area (Å²) in [6.07, 6.45) is -1.33. The minimum absolute atomic E-state index is 0.278. The molecule has 1 fully saturated rings. The highest BCUT2D eigenvalue weighted by Gasteiger charge is 2.58. The Morgan fingerprint density at radius 2 is 2.17 bits per heavy atom. The highest BCUT2D eigenvalue weighted by molar-refractivity contribution is 5.68. The fraction of sp³-hybridized carbons (Fsp3) is 0.857. The minimum Gasteiger partial charge on any atom is -0.447 e. The zero-order valence-corrected chi connectivity index (χ0v) is 6.93. The summed E-state index contributed by atoms with van der Waals surface area (Å²) in [6, 6.07) is -1.02. The highest BCUT2D eigenvalue weighted by atomic mass is 19.3. The second kappa shape index (κ2) is 2.88. The summed E-state index contributed by atoms with van der Waals surface area (Å²) in [5, 5.41) is 2.06. The molecule has 0 bridgehead atoms. The molecule has 0 radical (unpaired) electrons. The van der Waals surface area contributed by atoms with Crippen molar-refractivity contribution in [2.75, 3.05) is 0 Å². The third-order valence-electron chi connectivity index (χ3n) is 1.46. The molecule has 0 aliphatic heterocycles. The first-order chi connectivity index (χ1) is 5.42. The molecule has 70 valence electrons. The number of halogens is 2. The lowest BCUT2D eigenvalue weighted by Gasteiger charge is -2.08. The van der Waals surface area contributed by atoms with Gasteiger partial charge in [0.05, 0.1) is 6.10 Å². The third-order valence-corrected chi connectivity index (χ3v) is 1.46. The molecular weight excluding hydrogens is 168 g/mol. The van der Waals surface area contributed by atoms with Gasteiger partial charge in [-0.25, -0.2) is 13.6 Å². The Hall–Kier alpha value is -0.870. The van der Waals surface area contributed by atoms with E-state index in [4.69, 9.17) is 0 Å². The van der Waals surface area contributed by atoms with Gasteiger partial charge in [-0.05, 0) is 13.8 Å². The van der Waals surface area contributed by atoms with Crippen molar-refractivity contribution in [2.24, 2.45) is 0 Å². The smallest absolute Gasteiger partial charge is 0.407 e. The third kappa shape index (κ3) is 2.32. The van der Waals surface area contributed by atoms with Crippen LogP contribution in [0.4, 0.5) is 13.6 Å². The number of alkyl halides is 2. The van der Waals surface area contributed by atoms with Gasteiger partial charge in [-0.15, -0.1) is 0 Å². The van der Waals surface area contributed by atoms with Crippen LogP contribution in [0, 0.1) is 0 Å². The number of rotatable bonds is 2. The van der Waals surface area contributed by atoms with Crippen LogP contribution in [-0.4, -0.2) is 24.2 Å². The molecule has 0 unspecified atom stereocenters. The van der Waals surface area contributed by atoms with E-state index in [1.54, 1.807) is 13.8 Å². The fourth-order valence-electron chi connectivity index (χ4n) is 0.760. The number of carbonyl (C=O) groups is 1. The van der Waals surface area contributed by atoms with Crippen molar-refractivity contribution in [1.82, 2.24) is 5.32 Å².